The number of amides is 1. The van der Waals surface area contributed by atoms with Gasteiger partial charge in [-0.05, 0) is 24.3 Å². The Morgan fingerprint density at radius 2 is 1.92 bits per heavy atom. The van der Waals surface area contributed by atoms with Crippen LogP contribution in [0.5, 0.6) is 0 Å². The Hall–Kier alpha value is -1.96. The van der Waals surface area contributed by atoms with Crippen LogP contribution in [-0.4, -0.2) is 47.0 Å². The Morgan fingerprint density at radius 1 is 1.15 bits per heavy atom. The van der Waals surface area contributed by atoms with Crippen LogP contribution in [-0.2, 0) is 0 Å². The predicted octanol–water partition coefficient (Wildman–Crippen LogP) is 4.10. The van der Waals surface area contributed by atoms with E-state index in [1.807, 2.05) is 12.1 Å². The SMILES string of the molecule is O=C(c1cc(F)c(Cl)cc1Cl)N1CCN(c2nc3cccnc3s2)CC1. The average Bonchev–Trinajstić information content (AvgIpc) is 3.08. The van der Waals surface area contributed by atoms with Crippen LogP contribution in [0.2, 0.25) is 10.0 Å². The van der Waals surface area contributed by atoms with Crippen molar-refractivity contribution in [1.29, 1.82) is 0 Å². The van der Waals surface area contributed by atoms with Crippen molar-refractivity contribution in [3.8, 4) is 0 Å². The molecule has 0 aliphatic carbocycles. The Labute approximate surface area is 163 Å². The molecular formula is C17H13Cl2FN4OS. The highest BCUT2D eigenvalue weighted by Crippen LogP contribution is 2.29. The quantitative estimate of drug-likeness (QED) is 0.596. The summed E-state index contributed by atoms with van der Waals surface area (Å²) in [6.07, 6.45) is 1.75. The third-order valence-corrected chi connectivity index (χ3v) is 5.88. The number of pyridine rings is 1. The van der Waals surface area contributed by atoms with Gasteiger partial charge in [0.1, 0.15) is 16.2 Å². The number of nitrogens with zero attached hydrogens (tertiary/aromatic N) is 4. The second-order valence-electron chi connectivity index (χ2n) is 5.85. The zero-order valence-corrected chi connectivity index (χ0v) is 15.8. The summed E-state index contributed by atoms with van der Waals surface area (Å²) in [5, 5.41) is 0.947. The van der Waals surface area contributed by atoms with Crippen LogP contribution in [0.4, 0.5) is 9.52 Å². The van der Waals surface area contributed by atoms with E-state index in [4.69, 9.17) is 23.2 Å². The van der Waals surface area contributed by atoms with Crippen LogP contribution in [0.25, 0.3) is 10.3 Å². The zero-order chi connectivity index (χ0) is 18.3. The van der Waals surface area contributed by atoms with Crippen LogP contribution in [0, 0.1) is 5.82 Å². The standard InChI is InChI=1S/C17H13Cl2FN4OS/c18-11-9-12(19)13(20)8-10(11)16(25)23-4-6-24(7-5-23)17-22-14-2-1-3-21-15(14)26-17/h1-3,8-9H,4-7H2. The highest BCUT2D eigenvalue weighted by atomic mass is 35.5. The molecule has 134 valence electrons. The molecule has 0 saturated carbocycles. The van der Waals surface area contributed by atoms with Gasteiger partial charge < -0.3 is 9.80 Å². The molecule has 1 saturated heterocycles. The topological polar surface area (TPSA) is 49.3 Å². The van der Waals surface area contributed by atoms with Crippen molar-refractivity contribution in [3.05, 3.63) is 51.9 Å². The van der Waals surface area contributed by atoms with Crippen LogP contribution >= 0.6 is 34.5 Å². The van der Waals surface area contributed by atoms with Gasteiger partial charge in [-0.2, -0.15) is 0 Å². The van der Waals surface area contributed by atoms with Crippen molar-refractivity contribution in [2.75, 3.05) is 31.1 Å². The number of carbonyl (C=O) groups is 1. The average molecular weight is 411 g/mol. The molecule has 3 aromatic rings. The summed E-state index contributed by atoms with van der Waals surface area (Å²) >= 11 is 13.3. The monoisotopic (exact) mass is 410 g/mol. The Kier molecular flexibility index (Phi) is 4.69. The molecule has 1 amide bonds. The molecule has 1 aliphatic rings. The molecule has 5 nitrogen and oxygen atoms in total. The third-order valence-electron chi connectivity index (χ3n) is 4.23. The molecule has 0 bridgehead atoms. The van der Waals surface area contributed by atoms with Gasteiger partial charge in [0.2, 0.25) is 0 Å². The van der Waals surface area contributed by atoms with Crippen LogP contribution in [0.1, 0.15) is 10.4 Å². The lowest BCUT2D eigenvalue weighted by Crippen LogP contribution is -2.48. The number of rotatable bonds is 2. The first-order valence-electron chi connectivity index (χ1n) is 7.93. The van der Waals surface area contributed by atoms with Gasteiger partial charge in [-0.1, -0.05) is 34.5 Å². The summed E-state index contributed by atoms with van der Waals surface area (Å²) in [6.45, 7) is 2.28. The van der Waals surface area contributed by atoms with Gasteiger partial charge in [0.05, 0.1) is 15.6 Å². The van der Waals surface area contributed by atoms with E-state index >= 15 is 0 Å². The number of hydrogen-bond donors (Lipinski definition) is 0. The van der Waals surface area contributed by atoms with Crippen molar-refractivity contribution in [2.24, 2.45) is 0 Å². The van der Waals surface area contributed by atoms with E-state index in [2.05, 4.69) is 14.9 Å². The molecule has 0 atom stereocenters. The Morgan fingerprint density at radius 3 is 2.65 bits per heavy atom. The molecule has 3 heterocycles. The summed E-state index contributed by atoms with van der Waals surface area (Å²) < 4.78 is 13.7. The smallest absolute Gasteiger partial charge is 0.255 e. The van der Waals surface area contributed by atoms with E-state index in [0.717, 1.165) is 21.5 Å². The number of piperazine rings is 1. The fourth-order valence-corrected chi connectivity index (χ4v) is 4.28. The number of aromatic nitrogens is 2. The van der Waals surface area contributed by atoms with Crippen molar-refractivity contribution in [1.82, 2.24) is 14.9 Å². The maximum Gasteiger partial charge on any atom is 0.255 e. The third kappa shape index (κ3) is 3.22. The van der Waals surface area contributed by atoms with E-state index in [1.54, 1.807) is 11.1 Å². The zero-order valence-electron chi connectivity index (χ0n) is 13.5. The molecule has 0 unspecified atom stereocenters. The highest BCUT2D eigenvalue weighted by Gasteiger charge is 2.26. The number of thiazole rings is 1. The van der Waals surface area contributed by atoms with Gasteiger partial charge in [-0.15, -0.1) is 0 Å². The minimum atomic E-state index is -0.653. The maximum absolute atomic E-state index is 13.7. The summed E-state index contributed by atoms with van der Waals surface area (Å²) in [7, 11) is 0. The molecule has 0 spiro atoms. The first-order valence-corrected chi connectivity index (χ1v) is 9.50. The molecule has 2 aromatic heterocycles. The normalized spacial score (nSPS) is 14.9. The van der Waals surface area contributed by atoms with Gasteiger partial charge in [-0.25, -0.2) is 14.4 Å². The number of carbonyl (C=O) groups excluding carboxylic acids is 1. The summed E-state index contributed by atoms with van der Waals surface area (Å²) in [5.41, 5.74) is 1.00. The first kappa shape index (κ1) is 17.5. The molecule has 26 heavy (non-hydrogen) atoms. The van der Waals surface area contributed by atoms with Crippen molar-refractivity contribution >= 4 is 55.9 Å². The fourth-order valence-electron chi connectivity index (χ4n) is 2.85. The fraction of sp³-hybridized carbons (Fsp3) is 0.235. The minimum Gasteiger partial charge on any atom is -0.344 e. The highest BCUT2D eigenvalue weighted by molar-refractivity contribution is 7.21. The molecule has 4 rings (SSSR count). The van der Waals surface area contributed by atoms with Crippen molar-refractivity contribution < 1.29 is 9.18 Å². The van der Waals surface area contributed by atoms with Crippen LogP contribution in [0.3, 0.4) is 0 Å². The number of anilines is 1. The van der Waals surface area contributed by atoms with E-state index in [-0.39, 0.29) is 21.5 Å². The molecule has 0 N–H and O–H groups in total. The first-order chi connectivity index (χ1) is 12.5. The largest absolute Gasteiger partial charge is 0.344 e. The predicted molar refractivity (Wildman–Crippen MR) is 102 cm³/mol. The molecule has 1 aliphatic heterocycles. The molecule has 1 aromatic carbocycles. The van der Waals surface area contributed by atoms with Gasteiger partial charge >= 0.3 is 0 Å². The maximum atomic E-state index is 13.7. The van der Waals surface area contributed by atoms with Gasteiger partial charge in [0, 0.05) is 32.4 Å². The lowest BCUT2D eigenvalue weighted by molar-refractivity contribution is 0.0746. The second kappa shape index (κ2) is 6.98. The number of fused-ring (bicyclic) bond motifs is 1. The lowest BCUT2D eigenvalue weighted by Gasteiger charge is -2.34. The van der Waals surface area contributed by atoms with Crippen molar-refractivity contribution in [3.63, 3.8) is 0 Å². The second-order valence-corrected chi connectivity index (χ2v) is 7.62. The lowest BCUT2D eigenvalue weighted by atomic mass is 10.1. The van der Waals surface area contributed by atoms with E-state index in [1.165, 1.54) is 17.4 Å². The molecule has 9 heteroatoms. The van der Waals surface area contributed by atoms with Gasteiger partial charge in [-0.3, -0.25) is 4.79 Å². The molecular weight excluding hydrogens is 398 g/mol. The number of hydrogen-bond acceptors (Lipinski definition) is 5. The molecule has 0 radical (unpaired) electrons. The van der Waals surface area contributed by atoms with E-state index in [0.29, 0.717) is 26.2 Å². The summed E-state index contributed by atoms with van der Waals surface area (Å²) in [5.74, 6) is -0.948. The van der Waals surface area contributed by atoms with Crippen LogP contribution < -0.4 is 4.90 Å². The van der Waals surface area contributed by atoms with Crippen molar-refractivity contribution in [2.45, 2.75) is 0 Å². The van der Waals surface area contributed by atoms with E-state index < -0.39 is 5.82 Å². The molecule has 1 fully saturated rings. The number of halogens is 3. The summed E-state index contributed by atoms with van der Waals surface area (Å²) in [6, 6.07) is 6.14. The summed E-state index contributed by atoms with van der Waals surface area (Å²) in [4.78, 5) is 26.2. The van der Waals surface area contributed by atoms with Crippen LogP contribution in [0.15, 0.2) is 30.5 Å². The number of benzene rings is 1. The van der Waals surface area contributed by atoms with E-state index in [9.17, 15) is 9.18 Å². The Balaban J connectivity index is 1.48. The Bertz CT molecular complexity index is 955. The minimum absolute atomic E-state index is 0.0965. The van der Waals surface area contributed by atoms with Gasteiger partial charge in [0.25, 0.3) is 5.91 Å². The van der Waals surface area contributed by atoms with Gasteiger partial charge in [0.15, 0.2) is 5.13 Å².